The molecule has 21 rings (SSSR count). The number of rotatable bonds is 20. The molecule has 0 spiro atoms. The molecule has 4 atom stereocenters. The molecule has 0 radical (unpaired) electrons. The molecule has 11 aliphatic rings. The van der Waals surface area contributed by atoms with Crippen LogP contribution in [0.1, 0.15) is 143 Å². The van der Waals surface area contributed by atoms with Gasteiger partial charge in [0.05, 0.1) is 26.3 Å². The minimum Gasteiger partial charge on any atom is -0.497 e. The van der Waals surface area contributed by atoms with Crippen molar-refractivity contribution in [2.75, 3.05) is 111 Å². The van der Waals surface area contributed by atoms with Gasteiger partial charge in [-0.2, -0.15) is 0 Å². The van der Waals surface area contributed by atoms with Gasteiger partial charge in [0, 0.05) is 188 Å². The van der Waals surface area contributed by atoms with Crippen molar-refractivity contribution in [3.05, 3.63) is 411 Å². The molecule has 4 unspecified atom stereocenters. The first-order valence-electron chi connectivity index (χ1n) is 49.9. The zero-order chi connectivity index (χ0) is 105. The summed E-state index contributed by atoms with van der Waals surface area (Å²) in [6.45, 7) is 28.4. The molecular formula is C122H122N10O12S4. The molecule has 148 heavy (non-hydrogen) atoms. The predicted molar refractivity (Wildman–Crippen MR) is 608 cm³/mol. The summed E-state index contributed by atoms with van der Waals surface area (Å²) in [6, 6.07) is 84.4. The lowest BCUT2D eigenvalue weighted by molar-refractivity contribution is -0.123. The number of likely N-dealkylation sites (N-methyl/N-ethyl adjacent to an activating group) is 8. The number of benzene rings is 10. The van der Waals surface area contributed by atoms with E-state index in [0.29, 0.717) is 55.1 Å². The molecule has 0 saturated carbocycles. The Labute approximate surface area is 889 Å². The van der Waals surface area contributed by atoms with E-state index in [1.54, 1.807) is 75.9 Å². The van der Waals surface area contributed by atoms with Crippen LogP contribution < -0.4 is 38.9 Å². The Balaban J connectivity index is 0.000000127. The fourth-order valence-electron chi connectivity index (χ4n) is 20.5. The van der Waals surface area contributed by atoms with Crippen molar-refractivity contribution in [3.8, 4) is 11.5 Å². The summed E-state index contributed by atoms with van der Waals surface area (Å²) in [6.07, 6.45) is 26.6. The number of carbonyl (C=O) groups excluding carboxylic acids is 6. The molecule has 10 aromatic carbocycles. The van der Waals surface area contributed by atoms with Gasteiger partial charge in [-0.15, -0.1) is 0 Å². The zero-order valence-corrected chi connectivity index (χ0v) is 89.4. The van der Waals surface area contributed by atoms with E-state index in [0.717, 1.165) is 106 Å². The third kappa shape index (κ3) is 21.9. The number of hydrogen-bond acceptors (Lipinski definition) is 22. The highest BCUT2D eigenvalue weighted by Gasteiger charge is 2.44. The van der Waals surface area contributed by atoms with Gasteiger partial charge in [0.1, 0.15) is 11.5 Å². The van der Waals surface area contributed by atoms with E-state index in [2.05, 4.69) is 255 Å². The molecule has 8 heterocycles. The number of allylic oxidation sites excluding steroid dienone is 11. The van der Waals surface area contributed by atoms with Crippen LogP contribution in [-0.2, 0) is 60.2 Å². The molecule has 0 bridgehead atoms. The van der Waals surface area contributed by atoms with Gasteiger partial charge in [0.15, 0.2) is 34.6 Å². The Morgan fingerprint density at radius 3 is 1.22 bits per heavy atom. The monoisotopic (exact) mass is 2050 g/mol. The number of para-hydroxylation sites is 6. The molecule has 4 amide bonds. The average molecular weight is 2050 g/mol. The van der Waals surface area contributed by atoms with Crippen molar-refractivity contribution in [2.24, 2.45) is 0 Å². The van der Waals surface area contributed by atoms with Crippen LogP contribution in [0.3, 0.4) is 0 Å². The molecule has 0 aromatic heterocycles. The van der Waals surface area contributed by atoms with Crippen molar-refractivity contribution in [2.45, 2.75) is 117 Å². The van der Waals surface area contributed by atoms with Gasteiger partial charge < -0.3 is 57.8 Å². The molecular weight excluding hydrogens is 1930 g/mol. The van der Waals surface area contributed by atoms with Gasteiger partial charge in [-0.3, -0.25) is 48.4 Å². The Hall–Kier alpha value is -15.5. The second-order valence-corrected chi connectivity index (χ2v) is 38.9. The van der Waals surface area contributed by atoms with Gasteiger partial charge in [-0.1, -0.05) is 222 Å². The van der Waals surface area contributed by atoms with Crippen LogP contribution in [0.25, 0.3) is 18.2 Å². The quantitative estimate of drug-likeness (QED) is 0.0516. The number of Topliss-reactive ketones (excluding diaryl/α,β-unsaturated/α-hetero) is 1. The molecule has 8 aliphatic heterocycles. The highest BCUT2D eigenvalue weighted by atomic mass is 32.1. The van der Waals surface area contributed by atoms with E-state index < -0.39 is 0 Å². The first kappa shape index (κ1) is 105. The van der Waals surface area contributed by atoms with Crippen LogP contribution in [0.4, 0.5) is 45.5 Å². The van der Waals surface area contributed by atoms with Crippen molar-refractivity contribution in [3.63, 3.8) is 0 Å². The molecule has 10 aromatic rings. The smallest absolute Gasteiger partial charge is 0.297 e. The van der Waals surface area contributed by atoms with Crippen molar-refractivity contribution in [1.29, 1.82) is 0 Å². The number of fused-ring (bicyclic) bond motifs is 9. The number of carbonyl (C=O) groups is 6. The van der Waals surface area contributed by atoms with E-state index >= 15 is 0 Å². The van der Waals surface area contributed by atoms with E-state index in [1.165, 1.54) is 70.3 Å². The van der Waals surface area contributed by atoms with Crippen LogP contribution in [0.5, 0.6) is 11.5 Å². The summed E-state index contributed by atoms with van der Waals surface area (Å²) in [4.78, 5) is 93.6. The van der Waals surface area contributed by atoms with Crippen molar-refractivity contribution >= 4 is 168 Å². The van der Waals surface area contributed by atoms with Gasteiger partial charge in [-0.25, -0.2) is 0 Å². The number of anilines is 8. The van der Waals surface area contributed by atoms with Crippen LogP contribution in [0.2, 0.25) is 0 Å². The highest BCUT2D eigenvalue weighted by molar-refractivity contribution is 7.80. The number of ether oxygens (including phenoxy) is 6. The number of ketones is 2. The van der Waals surface area contributed by atoms with E-state index in [-0.39, 0.29) is 89.8 Å². The van der Waals surface area contributed by atoms with Gasteiger partial charge in [0.2, 0.25) is 0 Å². The SMILES string of the molecule is CCN1C(=O)/C(=C\c2ccc(N(CC)CC)cc2)OC1=S.CCN1C(=O)/C(=C\c2ccc(N(c3ccccc3)c3ccccc3)cc2)OC1=S.CCN1C(=O)/C(=C\c2ccc(OC)cc2OC)OC1=S.CCN1c2ccccc2C2C=C(/C=C3/Cc4ccccc4C3=O)C=CC21.CCN1c2ccccc2C2C=C(/C=C3/OC(=S)N(C)C3=O)C=CC21.CN1/C(=C/C(=O)/C=C2/N(C)c3ccccc3C2(C)C)C(C)(C)c2ccccc21. The lowest BCUT2D eigenvalue weighted by atomic mass is 9.82. The Morgan fingerprint density at radius 2 is 0.811 bits per heavy atom. The Bertz CT molecular complexity index is 7090. The first-order valence-corrected chi connectivity index (χ1v) is 51.6. The maximum atomic E-state index is 13.1. The molecule has 4 saturated heterocycles. The van der Waals surface area contributed by atoms with Gasteiger partial charge >= 0.3 is 0 Å². The minimum atomic E-state index is -0.240. The highest BCUT2D eigenvalue weighted by Crippen LogP contribution is 2.51. The number of amides is 4. The van der Waals surface area contributed by atoms with Crippen molar-refractivity contribution in [1.82, 2.24) is 19.6 Å². The van der Waals surface area contributed by atoms with E-state index in [9.17, 15) is 28.8 Å². The molecule has 756 valence electrons. The topological polar surface area (TPSA) is 190 Å². The van der Waals surface area contributed by atoms with Crippen LogP contribution >= 0.6 is 48.9 Å². The summed E-state index contributed by atoms with van der Waals surface area (Å²) >= 11 is 20.2. The maximum absolute atomic E-state index is 13.1. The van der Waals surface area contributed by atoms with Crippen LogP contribution in [-0.4, -0.2) is 169 Å². The van der Waals surface area contributed by atoms with Crippen molar-refractivity contribution < 1.29 is 57.2 Å². The van der Waals surface area contributed by atoms with E-state index in [4.69, 9.17) is 77.3 Å². The predicted octanol–water partition coefficient (Wildman–Crippen LogP) is 24.1. The normalized spacial score (nSPS) is 20.3. The Morgan fingerprint density at radius 1 is 0.412 bits per heavy atom. The third-order valence-corrected chi connectivity index (χ3v) is 29.4. The number of hydrogen-bond donors (Lipinski definition) is 0. The molecule has 4 fully saturated rings. The first-order chi connectivity index (χ1) is 71.4. The average Bonchev–Trinajstić information content (AvgIpc) is 1.60. The standard InChI is InChI=1S/C25H28N2O.C24H20N2O2S.C24H21NO.C19H18N2O2S.C16H20N2O2S.C14H15NO4S/c1-24(2)18-11-7-9-13-20(18)26(5)22(24)15-17(28)16-23-25(3,4)19-12-8-10-14-21(19)27(23)6;1-2-25-23(27)22(28-24(25)29)17-18-13-15-21(16-14-18)26(19-9-5-3-6-10-19)20-11-7-4-8-12-20;1-2-25-22-10-6-5-9-20(22)21-14-16(11-12-23(21)25)13-18-15-17-7-3-4-8-19(17)24(18)26;1-3-21-15-7-5-4-6-13(15)14-10-12(8-9-16(14)21)11-17-18(22)20(2)19(24)23-17;1-4-17(5-2)13-9-7-12(8-10-13)11-14-15(19)18(6-3)16(21)20-14;1-4-15-13(16)12(19-14(15)20)7-9-5-6-10(17-2)8-11(9)18-3/h7-16H,1-6H3;3-17H,2H2,1H3;3-14,21,23H,2,15H2,1H3;4-11,14,16H,3H2,1-2H3;7-11H,4-6H2,1-3H3;5-8H,4H2,1-3H3/b22-15+,23-16+;22-17+;18-13-;17-11+;14-11+;12-7+. The van der Waals surface area contributed by atoms with Crippen LogP contribution in [0.15, 0.2) is 361 Å². The fraction of sp³-hybridized carbons (Fsp3) is 0.246. The zero-order valence-electron chi connectivity index (χ0n) is 86.1. The fourth-order valence-corrected chi connectivity index (χ4v) is 21.5. The lowest BCUT2D eigenvalue weighted by Crippen LogP contribution is -2.32. The van der Waals surface area contributed by atoms with Gasteiger partial charge in [-0.05, 0) is 263 Å². The molecule has 3 aliphatic carbocycles. The second-order valence-electron chi connectivity index (χ2n) is 37.5. The molecule has 26 heteroatoms. The second kappa shape index (κ2) is 46.1. The summed E-state index contributed by atoms with van der Waals surface area (Å²) < 4.78 is 31.9. The summed E-state index contributed by atoms with van der Waals surface area (Å²) in [5.74, 6) is 2.36. The largest absolute Gasteiger partial charge is 0.497 e. The molecule has 22 nitrogen and oxygen atoms in total. The number of nitrogens with zero attached hydrogens (tertiary/aromatic N) is 10. The van der Waals surface area contributed by atoms with E-state index in [1.807, 2.05) is 138 Å². The summed E-state index contributed by atoms with van der Waals surface area (Å²) in [5, 5.41) is 0.817. The summed E-state index contributed by atoms with van der Waals surface area (Å²) in [7, 11) is 8.84. The van der Waals surface area contributed by atoms with Gasteiger partial charge in [0.25, 0.3) is 44.3 Å². The minimum absolute atomic E-state index is 0.0328. The lowest BCUT2D eigenvalue weighted by Gasteiger charge is -2.28. The maximum Gasteiger partial charge on any atom is 0.297 e. The number of methoxy groups -OCH3 is 2. The number of thiocarbonyl (C=S) groups is 4. The third-order valence-electron chi connectivity index (χ3n) is 28.2. The Kier molecular flexibility index (Phi) is 32.8. The molecule has 0 N–H and O–H groups in total. The van der Waals surface area contributed by atoms with Crippen LogP contribution in [0, 0.1) is 0 Å². The summed E-state index contributed by atoms with van der Waals surface area (Å²) in [5.41, 5.74) is 23.8.